The molecule has 1 amide bonds. The van der Waals surface area contributed by atoms with Crippen LogP contribution in [0.1, 0.15) is 48.1 Å². The monoisotopic (exact) mass is 373 g/mol. The Bertz CT molecular complexity index is 794. The maximum absolute atomic E-state index is 13.7. The highest BCUT2D eigenvalue weighted by Gasteiger charge is 2.34. The second-order valence-corrected chi connectivity index (χ2v) is 8.73. The zero-order valence-electron chi connectivity index (χ0n) is 14.9. The molecule has 2 aliphatic heterocycles. The minimum absolute atomic E-state index is 0.0542. The van der Waals surface area contributed by atoms with Crippen LogP contribution in [0.15, 0.2) is 24.4 Å². The number of amides is 1. The molecule has 3 heterocycles. The van der Waals surface area contributed by atoms with Crippen molar-refractivity contribution >= 4 is 22.4 Å². The number of nitrogens with zero attached hydrogens (tertiary/aromatic N) is 1. The van der Waals surface area contributed by atoms with Crippen molar-refractivity contribution in [1.29, 1.82) is 0 Å². The van der Waals surface area contributed by atoms with Crippen molar-refractivity contribution < 1.29 is 9.18 Å². The van der Waals surface area contributed by atoms with Crippen LogP contribution >= 0.6 is 11.3 Å². The SMILES string of the molecule is Cc1ccc(Cc2cnc(NC(=O)CC3CC4CCC(C3)N4)s2)cc1F. The molecule has 1 aromatic carbocycles. The number of halogens is 1. The number of hydrogen-bond acceptors (Lipinski definition) is 4. The fourth-order valence-corrected chi connectivity index (χ4v) is 5.03. The topological polar surface area (TPSA) is 54.0 Å². The molecule has 2 saturated heterocycles. The van der Waals surface area contributed by atoms with E-state index < -0.39 is 0 Å². The molecule has 2 aliphatic rings. The van der Waals surface area contributed by atoms with Gasteiger partial charge in [-0.2, -0.15) is 0 Å². The van der Waals surface area contributed by atoms with Gasteiger partial charge in [-0.25, -0.2) is 9.37 Å². The molecule has 26 heavy (non-hydrogen) atoms. The van der Waals surface area contributed by atoms with Gasteiger partial charge in [0.05, 0.1) is 0 Å². The van der Waals surface area contributed by atoms with Crippen LogP contribution in [-0.2, 0) is 11.2 Å². The van der Waals surface area contributed by atoms with Gasteiger partial charge in [-0.15, -0.1) is 11.3 Å². The third-order valence-electron chi connectivity index (χ3n) is 5.46. The number of carbonyl (C=O) groups excluding carboxylic acids is 1. The van der Waals surface area contributed by atoms with Crippen LogP contribution in [0.2, 0.25) is 0 Å². The number of aryl methyl sites for hydroxylation is 1. The van der Waals surface area contributed by atoms with Gasteiger partial charge >= 0.3 is 0 Å². The van der Waals surface area contributed by atoms with Crippen molar-refractivity contribution in [2.45, 2.75) is 57.5 Å². The summed E-state index contributed by atoms with van der Waals surface area (Å²) >= 11 is 1.46. The molecule has 2 unspecified atom stereocenters. The first-order valence-electron chi connectivity index (χ1n) is 9.31. The Morgan fingerprint density at radius 1 is 1.35 bits per heavy atom. The second kappa shape index (κ2) is 7.45. The Labute approximate surface area is 157 Å². The molecule has 0 aliphatic carbocycles. The van der Waals surface area contributed by atoms with E-state index in [-0.39, 0.29) is 11.7 Å². The predicted molar refractivity (Wildman–Crippen MR) is 102 cm³/mol. The zero-order valence-corrected chi connectivity index (χ0v) is 15.7. The summed E-state index contributed by atoms with van der Waals surface area (Å²) in [6, 6.07) is 6.50. The summed E-state index contributed by atoms with van der Waals surface area (Å²) in [5.41, 5.74) is 1.57. The van der Waals surface area contributed by atoms with Gasteiger partial charge in [0.2, 0.25) is 5.91 Å². The number of piperidine rings is 1. The van der Waals surface area contributed by atoms with Crippen LogP contribution in [0, 0.1) is 18.7 Å². The van der Waals surface area contributed by atoms with Crippen LogP contribution in [0.25, 0.3) is 0 Å². The smallest absolute Gasteiger partial charge is 0.226 e. The molecule has 2 aromatic rings. The maximum atomic E-state index is 13.7. The highest BCUT2D eigenvalue weighted by atomic mass is 32.1. The summed E-state index contributed by atoms with van der Waals surface area (Å²) in [6.45, 7) is 1.76. The first-order valence-corrected chi connectivity index (χ1v) is 10.1. The third-order valence-corrected chi connectivity index (χ3v) is 6.37. The second-order valence-electron chi connectivity index (χ2n) is 7.62. The van der Waals surface area contributed by atoms with Gasteiger partial charge < -0.3 is 10.6 Å². The predicted octanol–water partition coefficient (Wildman–Crippen LogP) is 4.04. The number of nitrogens with one attached hydrogen (secondary N) is 2. The van der Waals surface area contributed by atoms with E-state index in [0.29, 0.717) is 41.5 Å². The summed E-state index contributed by atoms with van der Waals surface area (Å²) in [6.07, 6.45) is 7.67. The molecule has 6 heteroatoms. The molecule has 2 fully saturated rings. The van der Waals surface area contributed by atoms with Gasteiger partial charge in [0, 0.05) is 36.0 Å². The summed E-state index contributed by atoms with van der Waals surface area (Å²) in [4.78, 5) is 17.7. The molecular formula is C20H24FN3OS. The normalized spacial score (nSPS) is 24.6. The third kappa shape index (κ3) is 4.13. The van der Waals surface area contributed by atoms with Crippen molar-refractivity contribution in [1.82, 2.24) is 10.3 Å². The zero-order chi connectivity index (χ0) is 18.1. The number of anilines is 1. The molecule has 4 rings (SSSR count). The molecule has 2 N–H and O–H groups in total. The van der Waals surface area contributed by atoms with Gasteiger partial charge in [0.25, 0.3) is 0 Å². The van der Waals surface area contributed by atoms with Gasteiger partial charge in [-0.05, 0) is 55.7 Å². The van der Waals surface area contributed by atoms with Crippen molar-refractivity contribution in [3.8, 4) is 0 Å². The Morgan fingerprint density at radius 3 is 2.85 bits per heavy atom. The lowest BCUT2D eigenvalue weighted by Crippen LogP contribution is -2.39. The van der Waals surface area contributed by atoms with Crippen molar-refractivity contribution in [2.75, 3.05) is 5.32 Å². The number of benzene rings is 1. The first-order chi connectivity index (χ1) is 12.5. The first kappa shape index (κ1) is 17.6. The fourth-order valence-electron chi connectivity index (χ4n) is 4.17. The van der Waals surface area contributed by atoms with Gasteiger partial charge in [0.1, 0.15) is 5.82 Å². The average molecular weight is 373 g/mol. The lowest BCUT2D eigenvalue weighted by Gasteiger charge is -2.28. The Kier molecular flexibility index (Phi) is 5.05. The van der Waals surface area contributed by atoms with Crippen molar-refractivity contribution in [3.63, 3.8) is 0 Å². The Hall–Kier alpha value is -1.79. The van der Waals surface area contributed by atoms with Crippen molar-refractivity contribution in [3.05, 3.63) is 46.2 Å². The van der Waals surface area contributed by atoms with E-state index in [0.717, 1.165) is 23.3 Å². The van der Waals surface area contributed by atoms with E-state index >= 15 is 0 Å². The lowest BCUT2D eigenvalue weighted by atomic mass is 9.89. The summed E-state index contributed by atoms with van der Waals surface area (Å²) in [7, 11) is 0. The Balaban J connectivity index is 1.31. The quantitative estimate of drug-likeness (QED) is 0.832. The Morgan fingerprint density at radius 2 is 2.12 bits per heavy atom. The van der Waals surface area contributed by atoms with Crippen LogP contribution < -0.4 is 10.6 Å². The summed E-state index contributed by atoms with van der Waals surface area (Å²) in [5.74, 6) is 0.346. The van der Waals surface area contributed by atoms with E-state index in [4.69, 9.17) is 0 Å². The van der Waals surface area contributed by atoms with E-state index in [9.17, 15) is 9.18 Å². The highest BCUT2D eigenvalue weighted by Crippen LogP contribution is 2.33. The van der Waals surface area contributed by atoms with Gasteiger partial charge in [0.15, 0.2) is 5.13 Å². The molecule has 0 spiro atoms. The van der Waals surface area contributed by atoms with E-state index in [2.05, 4.69) is 15.6 Å². The highest BCUT2D eigenvalue weighted by molar-refractivity contribution is 7.15. The molecule has 0 saturated carbocycles. The number of aromatic nitrogens is 1. The van der Waals surface area contributed by atoms with E-state index in [1.807, 2.05) is 6.07 Å². The molecule has 1 aromatic heterocycles. The van der Waals surface area contributed by atoms with E-state index in [1.54, 1.807) is 25.3 Å². The minimum atomic E-state index is -0.184. The van der Waals surface area contributed by atoms with Gasteiger partial charge in [-0.3, -0.25) is 4.79 Å². The largest absolute Gasteiger partial charge is 0.311 e. The van der Waals surface area contributed by atoms with Crippen LogP contribution in [0.4, 0.5) is 9.52 Å². The molecule has 0 radical (unpaired) electrons. The lowest BCUT2D eigenvalue weighted by molar-refractivity contribution is -0.117. The molecule has 4 nitrogen and oxygen atoms in total. The van der Waals surface area contributed by atoms with E-state index in [1.165, 1.54) is 24.2 Å². The average Bonchev–Trinajstić information content (AvgIpc) is 3.17. The number of carbonyl (C=O) groups is 1. The molecule has 2 atom stereocenters. The number of hydrogen-bond donors (Lipinski definition) is 2. The molecular weight excluding hydrogens is 349 g/mol. The fraction of sp³-hybridized carbons (Fsp3) is 0.500. The summed E-state index contributed by atoms with van der Waals surface area (Å²) in [5, 5.41) is 7.18. The molecule has 2 bridgehead atoms. The van der Waals surface area contributed by atoms with Gasteiger partial charge in [-0.1, -0.05) is 12.1 Å². The van der Waals surface area contributed by atoms with Crippen LogP contribution in [-0.4, -0.2) is 23.0 Å². The minimum Gasteiger partial charge on any atom is -0.311 e. The summed E-state index contributed by atoms with van der Waals surface area (Å²) < 4.78 is 13.7. The number of thiazole rings is 1. The molecule has 138 valence electrons. The maximum Gasteiger partial charge on any atom is 0.226 e. The van der Waals surface area contributed by atoms with Crippen molar-refractivity contribution in [2.24, 2.45) is 5.92 Å². The standard InChI is InChI=1S/C20H24FN3OS/c1-12-2-3-13(9-18(12)21)8-17-11-22-20(26-17)24-19(25)10-14-6-15-4-5-16(7-14)23-15/h2-3,9,11,14-16,23H,4-8,10H2,1H3,(H,22,24,25). The van der Waals surface area contributed by atoms with Crippen LogP contribution in [0.3, 0.4) is 0 Å². The van der Waals surface area contributed by atoms with Crippen LogP contribution in [0.5, 0.6) is 0 Å². The number of fused-ring (bicyclic) bond motifs is 2. The number of rotatable bonds is 5.